The van der Waals surface area contributed by atoms with E-state index in [9.17, 15) is 9.59 Å². The van der Waals surface area contributed by atoms with Gasteiger partial charge in [-0.15, -0.1) is 0 Å². The number of carbonyl (C=O) groups excluding carboxylic acids is 2. The van der Waals surface area contributed by atoms with Crippen LogP contribution in [0.2, 0.25) is 0 Å². The summed E-state index contributed by atoms with van der Waals surface area (Å²) in [5.41, 5.74) is 0.652. The Morgan fingerprint density at radius 2 is 2.00 bits per heavy atom. The number of ketones is 1. The Morgan fingerprint density at radius 3 is 2.64 bits per heavy atom. The molecule has 0 aliphatic carbocycles. The average Bonchev–Trinajstić information content (AvgIpc) is 2.76. The van der Waals surface area contributed by atoms with Crippen molar-refractivity contribution < 1.29 is 14.3 Å². The number of amides is 1. The lowest BCUT2D eigenvalue weighted by molar-refractivity contribution is -0.117. The van der Waals surface area contributed by atoms with Crippen molar-refractivity contribution in [3.05, 3.63) is 35.9 Å². The Balaban J connectivity index is 1.88. The molecule has 1 amide bonds. The van der Waals surface area contributed by atoms with Crippen LogP contribution in [-0.4, -0.2) is 41.5 Å². The highest BCUT2D eigenvalue weighted by atomic mass is 16.6. The molecule has 0 bridgehead atoms. The van der Waals surface area contributed by atoms with Crippen LogP contribution >= 0.6 is 0 Å². The second-order valence-corrected chi connectivity index (χ2v) is 6.67. The summed E-state index contributed by atoms with van der Waals surface area (Å²) < 4.78 is 5.22. The maximum absolute atomic E-state index is 11.7. The zero-order chi connectivity index (χ0) is 16.2. The lowest BCUT2D eigenvalue weighted by Crippen LogP contribution is -2.41. The minimum Gasteiger partial charge on any atom is -0.444 e. The maximum atomic E-state index is 11.7. The number of nitrogens with zero attached hydrogens (tertiary/aromatic N) is 1. The van der Waals surface area contributed by atoms with Crippen LogP contribution in [0.4, 0.5) is 4.79 Å². The van der Waals surface area contributed by atoms with Gasteiger partial charge < -0.3 is 10.1 Å². The number of hydrogen-bond donors (Lipinski definition) is 1. The molecule has 1 N–H and O–H groups in total. The monoisotopic (exact) mass is 304 g/mol. The Labute approximate surface area is 131 Å². The molecular weight excluding hydrogens is 280 g/mol. The van der Waals surface area contributed by atoms with Crippen LogP contribution in [0.1, 0.15) is 32.8 Å². The van der Waals surface area contributed by atoms with Crippen LogP contribution in [0, 0.1) is 0 Å². The zero-order valence-electron chi connectivity index (χ0n) is 13.5. The van der Waals surface area contributed by atoms with Crippen molar-refractivity contribution in [2.75, 3.05) is 13.1 Å². The quantitative estimate of drug-likeness (QED) is 0.927. The molecular formula is C17H24N2O3. The molecule has 1 atom stereocenters. The van der Waals surface area contributed by atoms with Crippen LogP contribution in [-0.2, 0) is 16.1 Å². The molecule has 1 saturated heterocycles. The molecule has 22 heavy (non-hydrogen) atoms. The summed E-state index contributed by atoms with van der Waals surface area (Å²) in [4.78, 5) is 25.6. The first-order valence-electron chi connectivity index (χ1n) is 7.60. The van der Waals surface area contributed by atoms with Gasteiger partial charge in [-0.2, -0.15) is 0 Å². The largest absolute Gasteiger partial charge is 0.444 e. The fourth-order valence-corrected chi connectivity index (χ4v) is 2.53. The highest BCUT2D eigenvalue weighted by Crippen LogP contribution is 2.17. The first-order chi connectivity index (χ1) is 10.3. The van der Waals surface area contributed by atoms with Gasteiger partial charge in [0.05, 0.1) is 6.54 Å². The van der Waals surface area contributed by atoms with Crippen LogP contribution in [0.15, 0.2) is 30.3 Å². The minimum atomic E-state index is -0.515. The van der Waals surface area contributed by atoms with Gasteiger partial charge in [0.15, 0.2) is 0 Å². The van der Waals surface area contributed by atoms with E-state index in [0.717, 1.165) is 0 Å². The molecule has 0 aromatic heterocycles. The topological polar surface area (TPSA) is 58.6 Å². The Morgan fingerprint density at radius 1 is 1.32 bits per heavy atom. The summed E-state index contributed by atoms with van der Waals surface area (Å²) in [6.45, 7) is 7.06. The molecule has 1 aliphatic rings. The normalized spacial score (nSPS) is 19.2. The van der Waals surface area contributed by atoms with Crippen molar-refractivity contribution in [2.24, 2.45) is 0 Å². The van der Waals surface area contributed by atoms with Gasteiger partial charge in [0, 0.05) is 25.6 Å². The van der Waals surface area contributed by atoms with Crippen molar-refractivity contribution >= 4 is 11.9 Å². The second kappa shape index (κ2) is 6.92. The molecule has 1 aliphatic heterocycles. The number of hydrogen-bond acceptors (Lipinski definition) is 4. The summed E-state index contributed by atoms with van der Waals surface area (Å²) >= 11 is 0. The predicted molar refractivity (Wildman–Crippen MR) is 84.5 cm³/mol. The number of likely N-dealkylation sites (tertiary alicyclic amines) is 1. The van der Waals surface area contributed by atoms with Crippen LogP contribution in [0.25, 0.3) is 0 Å². The molecule has 5 nitrogen and oxygen atoms in total. The summed E-state index contributed by atoms with van der Waals surface area (Å²) in [5, 5.41) is 2.76. The molecule has 5 heteroatoms. The SMILES string of the molecule is CC(C)(C)OC(=O)NCC1CC(=O)CN1Cc1ccccc1. The molecule has 0 radical (unpaired) electrons. The van der Waals surface area contributed by atoms with Crippen LogP contribution in [0.5, 0.6) is 0 Å². The first kappa shape index (κ1) is 16.5. The standard InChI is InChI=1S/C17H24N2O3/c1-17(2,3)22-16(21)18-10-14-9-15(20)12-19(14)11-13-7-5-4-6-8-13/h4-8,14H,9-12H2,1-3H3,(H,18,21). The van der Waals surface area contributed by atoms with Crippen molar-refractivity contribution in [2.45, 2.75) is 45.4 Å². The summed E-state index contributed by atoms with van der Waals surface area (Å²) in [5.74, 6) is 0.215. The third kappa shape index (κ3) is 5.15. The number of nitrogens with one attached hydrogen (secondary N) is 1. The summed E-state index contributed by atoms with van der Waals surface area (Å²) in [6, 6.07) is 10.1. The number of rotatable bonds is 4. The molecule has 1 fully saturated rings. The second-order valence-electron chi connectivity index (χ2n) is 6.67. The third-order valence-corrected chi connectivity index (χ3v) is 3.47. The van der Waals surface area contributed by atoms with Gasteiger partial charge in [-0.3, -0.25) is 9.69 Å². The predicted octanol–water partition coefficient (Wildman–Crippen LogP) is 2.35. The third-order valence-electron chi connectivity index (χ3n) is 3.47. The van der Waals surface area contributed by atoms with Crippen LogP contribution < -0.4 is 5.32 Å². The lowest BCUT2D eigenvalue weighted by atomic mass is 10.2. The number of carbonyl (C=O) groups is 2. The molecule has 2 rings (SSSR count). The van der Waals surface area contributed by atoms with E-state index in [0.29, 0.717) is 26.1 Å². The van der Waals surface area contributed by atoms with E-state index in [2.05, 4.69) is 10.2 Å². The van der Waals surface area contributed by atoms with E-state index >= 15 is 0 Å². The van der Waals surface area contributed by atoms with Gasteiger partial charge >= 0.3 is 6.09 Å². The van der Waals surface area contributed by atoms with Gasteiger partial charge in [0.1, 0.15) is 11.4 Å². The molecule has 1 unspecified atom stereocenters. The van der Waals surface area contributed by atoms with Crippen molar-refractivity contribution in [1.29, 1.82) is 0 Å². The van der Waals surface area contributed by atoms with E-state index in [4.69, 9.17) is 4.74 Å². The van der Waals surface area contributed by atoms with Crippen molar-refractivity contribution in [3.8, 4) is 0 Å². The van der Waals surface area contributed by atoms with Gasteiger partial charge in [0.25, 0.3) is 0 Å². The number of alkyl carbamates (subject to hydrolysis) is 1. The van der Waals surface area contributed by atoms with Gasteiger partial charge in [0.2, 0.25) is 0 Å². The molecule has 0 spiro atoms. The number of Topliss-reactive ketones (excluding diaryl/α,β-unsaturated/α-hetero) is 1. The highest BCUT2D eigenvalue weighted by Gasteiger charge is 2.31. The smallest absolute Gasteiger partial charge is 0.407 e. The molecule has 120 valence electrons. The lowest BCUT2D eigenvalue weighted by Gasteiger charge is -2.25. The average molecular weight is 304 g/mol. The highest BCUT2D eigenvalue weighted by molar-refractivity contribution is 5.83. The first-order valence-corrected chi connectivity index (χ1v) is 7.60. The zero-order valence-corrected chi connectivity index (χ0v) is 13.5. The van der Waals surface area contributed by atoms with E-state index < -0.39 is 11.7 Å². The number of benzene rings is 1. The summed E-state index contributed by atoms with van der Waals surface area (Å²) in [6.07, 6.45) is 0.0364. The van der Waals surface area contributed by atoms with Gasteiger partial charge in [-0.05, 0) is 26.3 Å². The molecule has 1 aromatic carbocycles. The Bertz CT molecular complexity index is 522. The van der Waals surface area contributed by atoms with E-state index in [1.807, 2.05) is 51.1 Å². The molecule has 0 saturated carbocycles. The molecule has 1 aromatic rings. The Hall–Kier alpha value is -1.88. The van der Waals surface area contributed by atoms with E-state index in [-0.39, 0.29) is 11.8 Å². The van der Waals surface area contributed by atoms with Crippen molar-refractivity contribution in [3.63, 3.8) is 0 Å². The van der Waals surface area contributed by atoms with E-state index in [1.54, 1.807) is 0 Å². The van der Waals surface area contributed by atoms with Gasteiger partial charge in [-0.1, -0.05) is 30.3 Å². The summed E-state index contributed by atoms with van der Waals surface area (Å²) in [7, 11) is 0. The van der Waals surface area contributed by atoms with E-state index in [1.165, 1.54) is 5.56 Å². The Kier molecular flexibility index (Phi) is 5.19. The minimum absolute atomic E-state index is 0.0280. The molecule has 1 heterocycles. The number of ether oxygens (including phenoxy) is 1. The fraction of sp³-hybridized carbons (Fsp3) is 0.529. The van der Waals surface area contributed by atoms with Crippen LogP contribution in [0.3, 0.4) is 0 Å². The fourth-order valence-electron chi connectivity index (χ4n) is 2.53. The maximum Gasteiger partial charge on any atom is 0.407 e. The van der Waals surface area contributed by atoms with Gasteiger partial charge in [-0.25, -0.2) is 4.79 Å². The van der Waals surface area contributed by atoms with Crippen molar-refractivity contribution in [1.82, 2.24) is 10.2 Å².